The van der Waals surface area contributed by atoms with Crippen molar-refractivity contribution < 1.29 is 14.7 Å². The zero-order chi connectivity index (χ0) is 15.9. The Morgan fingerprint density at radius 2 is 1.86 bits per heavy atom. The maximum Gasteiger partial charge on any atom is 0.307 e. The summed E-state index contributed by atoms with van der Waals surface area (Å²) in [5.41, 5.74) is 0.966. The van der Waals surface area contributed by atoms with Crippen LogP contribution in [0.25, 0.3) is 10.8 Å². The van der Waals surface area contributed by atoms with Crippen molar-refractivity contribution in [1.29, 1.82) is 0 Å². The maximum atomic E-state index is 11.8. The molecule has 0 radical (unpaired) electrons. The average molecular weight is 299 g/mol. The van der Waals surface area contributed by atoms with Crippen LogP contribution in [0, 0.1) is 5.92 Å². The van der Waals surface area contributed by atoms with Gasteiger partial charge in [0, 0.05) is 13.0 Å². The number of carbonyl (C=O) groups excluding carboxylic acids is 1. The third kappa shape index (κ3) is 4.07. The predicted octanol–water partition coefficient (Wildman–Crippen LogP) is 3.00. The van der Waals surface area contributed by atoms with Crippen molar-refractivity contribution in [3.8, 4) is 0 Å². The fourth-order valence-electron chi connectivity index (χ4n) is 2.54. The van der Waals surface area contributed by atoms with Crippen molar-refractivity contribution in [2.75, 3.05) is 6.54 Å². The molecule has 0 heterocycles. The highest BCUT2D eigenvalue weighted by Crippen LogP contribution is 2.22. The average Bonchev–Trinajstić information content (AvgIpc) is 2.52. The van der Waals surface area contributed by atoms with Crippen LogP contribution in [0.2, 0.25) is 0 Å². The smallest absolute Gasteiger partial charge is 0.307 e. The summed E-state index contributed by atoms with van der Waals surface area (Å²) in [4.78, 5) is 23.3. The first kappa shape index (κ1) is 16.0. The summed E-state index contributed by atoms with van der Waals surface area (Å²) in [6, 6.07) is 13.7. The zero-order valence-corrected chi connectivity index (χ0v) is 12.7. The van der Waals surface area contributed by atoms with Gasteiger partial charge >= 0.3 is 5.97 Å². The Bertz CT molecular complexity index is 661. The van der Waals surface area contributed by atoms with E-state index < -0.39 is 11.9 Å². The molecule has 0 unspecified atom stereocenters. The molecule has 0 fully saturated rings. The van der Waals surface area contributed by atoms with E-state index in [9.17, 15) is 14.7 Å². The summed E-state index contributed by atoms with van der Waals surface area (Å²) in [6.45, 7) is 2.55. The Kier molecular flexibility index (Phi) is 5.53. The molecule has 2 N–H and O–H groups in total. The van der Waals surface area contributed by atoms with Gasteiger partial charge < -0.3 is 10.4 Å². The van der Waals surface area contributed by atoms with E-state index in [4.69, 9.17) is 0 Å². The molecule has 0 saturated carbocycles. The molecule has 0 aromatic heterocycles. The van der Waals surface area contributed by atoms with Gasteiger partial charge in [-0.05, 0) is 29.2 Å². The van der Waals surface area contributed by atoms with E-state index in [0.717, 1.165) is 22.8 Å². The summed E-state index contributed by atoms with van der Waals surface area (Å²) in [6.07, 6.45) is 1.21. The van der Waals surface area contributed by atoms with Gasteiger partial charge in [-0.2, -0.15) is 0 Å². The monoisotopic (exact) mass is 299 g/mol. The minimum Gasteiger partial charge on any atom is -0.481 e. The molecule has 4 nitrogen and oxygen atoms in total. The molecule has 0 aliphatic carbocycles. The predicted molar refractivity (Wildman–Crippen MR) is 86.7 cm³/mol. The van der Waals surface area contributed by atoms with Gasteiger partial charge in [-0.3, -0.25) is 9.59 Å². The lowest BCUT2D eigenvalue weighted by molar-refractivity contribution is -0.144. The normalized spacial score (nSPS) is 12.0. The molecule has 0 spiro atoms. The van der Waals surface area contributed by atoms with E-state index in [0.29, 0.717) is 13.0 Å². The number of hydrogen-bond acceptors (Lipinski definition) is 2. The van der Waals surface area contributed by atoms with Crippen LogP contribution in [0.5, 0.6) is 0 Å². The number of carboxylic acid groups (broad SMARTS) is 1. The van der Waals surface area contributed by atoms with Gasteiger partial charge in [-0.25, -0.2) is 0 Å². The molecule has 22 heavy (non-hydrogen) atoms. The number of fused-ring (bicyclic) bond motifs is 1. The third-order valence-corrected chi connectivity index (χ3v) is 3.70. The van der Waals surface area contributed by atoms with Crippen LogP contribution in [0.3, 0.4) is 0 Å². The van der Waals surface area contributed by atoms with E-state index in [2.05, 4.69) is 5.32 Å². The first-order chi connectivity index (χ1) is 10.6. The second kappa shape index (κ2) is 7.59. The Morgan fingerprint density at radius 1 is 1.14 bits per heavy atom. The van der Waals surface area contributed by atoms with Crippen molar-refractivity contribution in [3.05, 3.63) is 48.0 Å². The van der Waals surface area contributed by atoms with Gasteiger partial charge in [-0.15, -0.1) is 0 Å². The van der Waals surface area contributed by atoms with Gasteiger partial charge in [0.15, 0.2) is 0 Å². The van der Waals surface area contributed by atoms with Crippen molar-refractivity contribution >= 4 is 22.6 Å². The molecular formula is C18H21NO3. The van der Waals surface area contributed by atoms with Crippen LogP contribution in [0.4, 0.5) is 0 Å². The molecule has 2 aromatic carbocycles. The van der Waals surface area contributed by atoms with Crippen LogP contribution >= 0.6 is 0 Å². The molecule has 0 aliphatic heterocycles. The molecule has 2 rings (SSSR count). The van der Waals surface area contributed by atoms with Crippen molar-refractivity contribution in [2.24, 2.45) is 5.92 Å². The van der Waals surface area contributed by atoms with Crippen LogP contribution < -0.4 is 5.32 Å². The SMILES string of the molecule is CCCNC(=O)C[C@@H](Cc1cccc2ccccc12)C(=O)O. The van der Waals surface area contributed by atoms with Gasteiger partial charge in [-0.1, -0.05) is 49.4 Å². The number of benzene rings is 2. The van der Waals surface area contributed by atoms with Crippen LogP contribution in [0.1, 0.15) is 25.3 Å². The molecule has 116 valence electrons. The number of carboxylic acids is 1. The van der Waals surface area contributed by atoms with Crippen molar-refractivity contribution in [1.82, 2.24) is 5.32 Å². The van der Waals surface area contributed by atoms with E-state index in [1.807, 2.05) is 49.4 Å². The number of carbonyl (C=O) groups is 2. The second-order valence-electron chi connectivity index (χ2n) is 5.43. The topological polar surface area (TPSA) is 66.4 Å². The summed E-state index contributed by atoms with van der Waals surface area (Å²) in [7, 11) is 0. The summed E-state index contributed by atoms with van der Waals surface area (Å²) in [5.74, 6) is -1.84. The summed E-state index contributed by atoms with van der Waals surface area (Å²) >= 11 is 0. The largest absolute Gasteiger partial charge is 0.481 e. The highest BCUT2D eigenvalue weighted by Gasteiger charge is 2.22. The molecule has 0 saturated heterocycles. The molecule has 4 heteroatoms. The quantitative estimate of drug-likeness (QED) is 0.826. The Balaban J connectivity index is 2.16. The molecule has 0 aliphatic rings. The Morgan fingerprint density at radius 3 is 2.59 bits per heavy atom. The lowest BCUT2D eigenvalue weighted by Crippen LogP contribution is -2.29. The molecule has 1 amide bonds. The highest BCUT2D eigenvalue weighted by molar-refractivity contribution is 5.87. The maximum absolute atomic E-state index is 11.8. The van der Waals surface area contributed by atoms with Gasteiger partial charge in [0.25, 0.3) is 0 Å². The van der Waals surface area contributed by atoms with Crippen molar-refractivity contribution in [3.63, 3.8) is 0 Å². The number of aliphatic carboxylic acids is 1. The van der Waals surface area contributed by atoms with Crippen LogP contribution in [-0.2, 0) is 16.0 Å². The number of hydrogen-bond donors (Lipinski definition) is 2. The van der Waals surface area contributed by atoms with E-state index >= 15 is 0 Å². The lowest BCUT2D eigenvalue weighted by atomic mass is 9.92. The number of rotatable bonds is 7. The zero-order valence-electron chi connectivity index (χ0n) is 12.7. The first-order valence-corrected chi connectivity index (χ1v) is 7.58. The Hall–Kier alpha value is -2.36. The standard InChI is InChI=1S/C18H21NO3/c1-2-10-19-17(20)12-15(18(21)22)11-14-8-5-7-13-6-3-4-9-16(13)14/h3-9,15H,2,10-12H2,1H3,(H,19,20)(H,21,22)/t15-/m1/s1. The molecule has 2 aromatic rings. The lowest BCUT2D eigenvalue weighted by Gasteiger charge is -2.14. The van der Waals surface area contributed by atoms with Crippen LogP contribution in [0.15, 0.2) is 42.5 Å². The fraction of sp³-hybridized carbons (Fsp3) is 0.333. The third-order valence-electron chi connectivity index (χ3n) is 3.70. The second-order valence-corrected chi connectivity index (χ2v) is 5.43. The Labute approximate surface area is 130 Å². The van der Waals surface area contributed by atoms with E-state index in [1.54, 1.807) is 0 Å². The number of amides is 1. The summed E-state index contributed by atoms with van der Waals surface area (Å²) in [5, 5.41) is 14.3. The van der Waals surface area contributed by atoms with Gasteiger partial charge in [0.05, 0.1) is 5.92 Å². The van der Waals surface area contributed by atoms with Crippen LogP contribution in [-0.4, -0.2) is 23.5 Å². The summed E-state index contributed by atoms with van der Waals surface area (Å²) < 4.78 is 0. The molecular weight excluding hydrogens is 278 g/mol. The minimum absolute atomic E-state index is 0.0125. The molecule has 0 bridgehead atoms. The van der Waals surface area contributed by atoms with E-state index in [-0.39, 0.29) is 12.3 Å². The fourth-order valence-corrected chi connectivity index (χ4v) is 2.54. The molecule has 1 atom stereocenters. The first-order valence-electron chi connectivity index (χ1n) is 7.58. The van der Waals surface area contributed by atoms with Gasteiger partial charge in [0.1, 0.15) is 0 Å². The van der Waals surface area contributed by atoms with Crippen molar-refractivity contribution in [2.45, 2.75) is 26.2 Å². The minimum atomic E-state index is -0.931. The number of nitrogens with one attached hydrogen (secondary N) is 1. The van der Waals surface area contributed by atoms with E-state index in [1.165, 1.54) is 0 Å². The van der Waals surface area contributed by atoms with Gasteiger partial charge in [0.2, 0.25) is 5.91 Å². The highest BCUT2D eigenvalue weighted by atomic mass is 16.4.